The van der Waals surface area contributed by atoms with Crippen LogP contribution in [-0.4, -0.2) is 32.2 Å². The summed E-state index contributed by atoms with van der Waals surface area (Å²) in [6.45, 7) is -3.05. The second kappa shape index (κ2) is 7.03. The number of carbonyl (C=O) groups is 1. The topological polar surface area (TPSA) is 93.4 Å². The lowest BCUT2D eigenvalue weighted by atomic mass is 10.4. The molecule has 0 fully saturated rings. The van der Waals surface area contributed by atoms with E-state index in [9.17, 15) is 13.6 Å². The van der Waals surface area contributed by atoms with Crippen LogP contribution in [0.5, 0.6) is 5.88 Å². The summed E-state index contributed by atoms with van der Waals surface area (Å²) in [7, 11) is 0. The highest BCUT2D eigenvalue weighted by Crippen LogP contribution is 2.26. The van der Waals surface area contributed by atoms with Crippen LogP contribution < -0.4 is 15.4 Å². The Kier molecular flexibility index (Phi) is 4.81. The van der Waals surface area contributed by atoms with Crippen molar-refractivity contribution in [2.75, 3.05) is 10.6 Å². The van der Waals surface area contributed by atoms with Crippen molar-refractivity contribution in [1.29, 1.82) is 0 Å². The summed E-state index contributed by atoms with van der Waals surface area (Å²) >= 11 is 11.5. The van der Waals surface area contributed by atoms with Crippen LogP contribution >= 0.6 is 23.2 Å². The molecule has 0 aromatic carbocycles. The maximum absolute atomic E-state index is 12.1. The Hall–Kier alpha value is -2.72. The molecule has 12 heteroatoms. The largest absolute Gasteiger partial charge is 0.415 e. The van der Waals surface area contributed by atoms with E-state index in [1.54, 1.807) is 6.07 Å². The molecule has 3 rings (SSSR count). The first kappa shape index (κ1) is 17.1. The number of hydrogen-bond donors (Lipinski definition) is 2. The fourth-order valence-electron chi connectivity index (χ4n) is 1.87. The van der Waals surface area contributed by atoms with Crippen molar-refractivity contribution in [3.05, 3.63) is 40.9 Å². The second-order valence-corrected chi connectivity index (χ2v) is 5.38. The van der Waals surface area contributed by atoms with Crippen LogP contribution in [0.25, 0.3) is 5.65 Å². The number of pyridine rings is 1. The van der Waals surface area contributed by atoms with E-state index in [0.29, 0.717) is 11.3 Å². The lowest BCUT2D eigenvalue weighted by molar-refractivity contribution is -0.0527. The fourth-order valence-corrected chi connectivity index (χ4v) is 2.26. The molecule has 0 radical (unpaired) electrons. The number of urea groups is 1. The average molecular weight is 389 g/mol. The Labute approximate surface area is 148 Å². The molecule has 0 saturated heterocycles. The van der Waals surface area contributed by atoms with Gasteiger partial charge in [-0.05, 0) is 6.07 Å². The number of nitrogens with zero attached hydrogens (tertiary/aromatic N) is 4. The summed E-state index contributed by atoms with van der Waals surface area (Å²) in [6, 6.07) is 2.16. The number of fused-ring (bicyclic) bond motifs is 1. The number of nitrogens with one attached hydrogen (secondary N) is 2. The SMILES string of the molecule is O=C(Nc1cnc(OC(F)F)c(Cl)c1)Nc1cnc2cc(Cl)nn2c1. The van der Waals surface area contributed by atoms with Gasteiger partial charge < -0.3 is 15.4 Å². The van der Waals surface area contributed by atoms with Crippen LogP contribution in [0.2, 0.25) is 10.2 Å². The van der Waals surface area contributed by atoms with Crippen LogP contribution in [0.1, 0.15) is 0 Å². The van der Waals surface area contributed by atoms with Crippen molar-refractivity contribution in [3.8, 4) is 5.88 Å². The normalized spacial score (nSPS) is 10.9. The molecule has 2 N–H and O–H groups in total. The monoisotopic (exact) mass is 388 g/mol. The molecule has 8 nitrogen and oxygen atoms in total. The Balaban J connectivity index is 1.68. The van der Waals surface area contributed by atoms with Gasteiger partial charge in [0, 0.05) is 6.07 Å². The quantitative estimate of drug-likeness (QED) is 0.710. The summed E-state index contributed by atoms with van der Waals surface area (Å²) in [5.41, 5.74) is 1.04. The van der Waals surface area contributed by atoms with Crippen molar-refractivity contribution in [2.45, 2.75) is 6.61 Å². The van der Waals surface area contributed by atoms with E-state index in [-0.39, 0.29) is 15.9 Å². The van der Waals surface area contributed by atoms with Crippen LogP contribution in [-0.2, 0) is 0 Å². The number of aromatic nitrogens is 4. The molecule has 3 heterocycles. The molecule has 0 unspecified atom stereocenters. The predicted octanol–water partition coefficient (Wildman–Crippen LogP) is 3.68. The van der Waals surface area contributed by atoms with Gasteiger partial charge in [-0.2, -0.15) is 13.9 Å². The molecule has 3 aromatic heterocycles. The number of anilines is 2. The number of hydrogen-bond acceptors (Lipinski definition) is 5. The average Bonchev–Trinajstić information content (AvgIpc) is 2.89. The highest BCUT2D eigenvalue weighted by molar-refractivity contribution is 6.32. The van der Waals surface area contributed by atoms with Gasteiger partial charge in [0.15, 0.2) is 10.8 Å². The standard InChI is InChI=1S/C13H8Cl2F2N6O2/c14-8-1-6(3-19-11(8)25-12(16)17)20-13(24)21-7-4-18-10-2-9(15)22-23(10)5-7/h1-5,12H,(H2,20,21,24). The lowest BCUT2D eigenvalue weighted by Gasteiger charge is -2.09. The zero-order valence-corrected chi connectivity index (χ0v) is 13.6. The highest BCUT2D eigenvalue weighted by Gasteiger charge is 2.12. The summed E-state index contributed by atoms with van der Waals surface area (Å²) < 4.78 is 29.8. The van der Waals surface area contributed by atoms with Crippen molar-refractivity contribution < 1.29 is 18.3 Å². The van der Waals surface area contributed by atoms with E-state index in [0.717, 1.165) is 6.20 Å². The third-order valence-corrected chi connectivity index (χ3v) is 3.26. The van der Waals surface area contributed by atoms with Gasteiger partial charge in [-0.1, -0.05) is 23.2 Å². The smallest absolute Gasteiger partial charge is 0.388 e. The van der Waals surface area contributed by atoms with Gasteiger partial charge in [-0.25, -0.2) is 19.3 Å². The minimum Gasteiger partial charge on any atom is -0.415 e. The first-order chi connectivity index (χ1) is 11.9. The molecule has 0 aliphatic heterocycles. The number of halogens is 4. The van der Waals surface area contributed by atoms with Crippen LogP contribution in [0.15, 0.2) is 30.7 Å². The summed E-state index contributed by atoms with van der Waals surface area (Å²) in [6.07, 6.45) is 4.05. The third kappa shape index (κ3) is 4.22. The molecule has 0 aliphatic rings. The van der Waals surface area contributed by atoms with E-state index in [1.165, 1.54) is 23.0 Å². The van der Waals surface area contributed by atoms with Gasteiger partial charge in [0.05, 0.1) is 30.0 Å². The first-order valence-electron chi connectivity index (χ1n) is 6.60. The van der Waals surface area contributed by atoms with Gasteiger partial charge in [0.2, 0.25) is 5.88 Å². The molecule has 0 saturated carbocycles. The van der Waals surface area contributed by atoms with Crippen molar-refractivity contribution in [2.24, 2.45) is 0 Å². The molecular formula is C13H8Cl2F2N6O2. The van der Waals surface area contributed by atoms with E-state index < -0.39 is 18.5 Å². The molecule has 3 aromatic rings. The van der Waals surface area contributed by atoms with Gasteiger partial charge >= 0.3 is 12.6 Å². The van der Waals surface area contributed by atoms with Crippen LogP contribution in [0, 0.1) is 0 Å². The fraction of sp³-hybridized carbons (Fsp3) is 0.0769. The van der Waals surface area contributed by atoms with Crippen LogP contribution in [0.4, 0.5) is 25.0 Å². The predicted molar refractivity (Wildman–Crippen MR) is 86.5 cm³/mol. The minimum absolute atomic E-state index is 0.174. The molecule has 0 atom stereocenters. The van der Waals surface area contributed by atoms with Gasteiger partial charge in [-0.3, -0.25) is 0 Å². The van der Waals surface area contributed by atoms with Gasteiger partial charge in [0.1, 0.15) is 5.02 Å². The lowest BCUT2D eigenvalue weighted by Crippen LogP contribution is -2.20. The van der Waals surface area contributed by atoms with E-state index >= 15 is 0 Å². The molecule has 0 aliphatic carbocycles. The van der Waals surface area contributed by atoms with Crippen molar-refractivity contribution in [1.82, 2.24) is 19.6 Å². The van der Waals surface area contributed by atoms with Gasteiger partial charge in [-0.15, -0.1) is 0 Å². The summed E-state index contributed by atoms with van der Waals surface area (Å²) in [4.78, 5) is 19.6. The second-order valence-electron chi connectivity index (χ2n) is 4.58. The maximum atomic E-state index is 12.1. The van der Waals surface area contributed by atoms with E-state index in [4.69, 9.17) is 23.2 Å². The van der Waals surface area contributed by atoms with Crippen LogP contribution in [0.3, 0.4) is 0 Å². The molecule has 0 bridgehead atoms. The Bertz CT molecular complexity index is 936. The molecule has 130 valence electrons. The number of rotatable bonds is 4. The Morgan fingerprint density at radius 3 is 2.60 bits per heavy atom. The number of alkyl halides is 2. The van der Waals surface area contributed by atoms with E-state index in [1.807, 2.05) is 0 Å². The van der Waals surface area contributed by atoms with Gasteiger partial charge in [0.25, 0.3) is 0 Å². The van der Waals surface area contributed by atoms with E-state index in [2.05, 4.69) is 30.4 Å². The Morgan fingerprint density at radius 2 is 1.88 bits per heavy atom. The third-order valence-electron chi connectivity index (χ3n) is 2.81. The molecule has 25 heavy (non-hydrogen) atoms. The number of carbonyl (C=O) groups excluding carboxylic acids is 1. The molecule has 0 spiro atoms. The number of amides is 2. The molecule has 2 amide bonds. The van der Waals surface area contributed by atoms with Crippen molar-refractivity contribution >= 4 is 46.3 Å². The van der Waals surface area contributed by atoms with Crippen molar-refractivity contribution in [3.63, 3.8) is 0 Å². The maximum Gasteiger partial charge on any atom is 0.388 e. The summed E-state index contributed by atoms with van der Waals surface area (Å²) in [5.74, 6) is -0.437. The highest BCUT2D eigenvalue weighted by atomic mass is 35.5. The minimum atomic E-state index is -3.05. The molecular weight excluding hydrogens is 381 g/mol. The zero-order chi connectivity index (χ0) is 18.0. The zero-order valence-electron chi connectivity index (χ0n) is 12.1. The summed E-state index contributed by atoms with van der Waals surface area (Å²) in [5, 5.41) is 9.01. The Morgan fingerprint density at radius 1 is 1.16 bits per heavy atom. The number of ether oxygens (including phenoxy) is 1. The first-order valence-corrected chi connectivity index (χ1v) is 7.35.